The summed E-state index contributed by atoms with van der Waals surface area (Å²) in [6.07, 6.45) is 0. The summed E-state index contributed by atoms with van der Waals surface area (Å²) in [6.45, 7) is 8.19. The van der Waals surface area contributed by atoms with Crippen molar-refractivity contribution >= 4 is 52.0 Å². The van der Waals surface area contributed by atoms with E-state index in [1.165, 1.54) is 6.92 Å². The summed E-state index contributed by atoms with van der Waals surface area (Å²) in [5.74, 6) is 0.946. The summed E-state index contributed by atoms with van der Waals surface area (Å²) >= 11 is 5.37. The van der Waals surface area contributed by atoms with E-state index >= 15 is 0 Å². The first kappa shape index (κ1) is 49.8. The van der Waals surface area contributed by atoms with Gasteiger partial charge < -0.3 is 57.8 Å². The smallest absolute Gasteiger partial charge is 0.333 e. The summed E-state index contributed by atoms with van der Waals surface area (Å²) in [5.41, 5.74) is 10.6. The molecule has 0 heterocycles. The van der Waals surface area contributed by atoms with Crippen molar-refractivity contribution in [2.24, 2.45) is 17.4 Å². The fourth-order valence-electron chi connectivity index (χ4n) is 2.18. The summed E-state index contributed by atoms with van der Waals surface area (Å²) in [7, 11) is 2.82. The van der Waals surface area contributed by atoms with Crippen LogP contribution < -0.4 is 21.3 Å². The minimum absolute atomic E-state index is 0.0375. The first-order valence-corrected chi connectivity index (χ1v) is 19.1. The van der Waals surface area contributed by atoms with Gasteiger partial charge in [0.25, 0.3) is 15.6 Å². The average molecular weight is 745 g/mol. The molecular formula is C26H58N4O12P2S2. The predicted molar refractivity (Wildman–Crippen MR) is 180 cm³/mol. The van der Waals surface area contributed by atoms with Gasteiger partial charge in [-0.15, -0.1) is 0 Å². The zero-order valence-corrected chi connectivity index (χ0v) is 32.2. The number of quaternary nitrogens is 2. The van der Waals surface area contributed by atoms with Crippen LogP contribution in [0.15, 0.2) is 12.2 Å². The molecule has 0 aliphatic carbocycles. The quantitative estimate of drug-likeness (QED) is 0.0319. The van der Waals surface area contributed by atoms with E-state index in [1.807, 2.05) is 42.3 Å². The third-order valence-electron chi connectivity index (χ3n) is 4.68. The number of carbonyl (C=O) groups is 2. The van der Waals surface area contributed by atoms with Gasteiger partial charge in [0, 0.05) is 35.9 Å². The molecule has 0 saturated heterocycles. The van der Waals surface area contributed by atoms with Crippen LogP contribution in [-0.4, -0.2) is 146 Å². The molecular weight excluding hydrogens is 686 g/mol. The number of rotatable bonds is 23. The van der Waals surface area contributed by atoms with Gasteiger partial charge in [-0.3, -0.25) is 13.9 Å². The first-order chi connectivity index (χ1) is 21.0. The highest BCUT2D eigenvalue weighted by Gasteiger charge is 2.17. The minimum atomic E-state index is -4.35. The van der Waals surface area contributed by atoms with Crippen molar-refractivity contribution in [3.8, 4) is 0 Å². The Morgan fingerprint density at radius 3 is 1.54 bits per heavy atom. The van der Waals surface area contributed by atoms with E-state index in [2.05, 4.69) is 37.5 Å². The summed E-state index contributed by atoms with van der Waals surface area (Å²) in [4.78, 5) is 45.4. The van der Waals surface area contributed by atoms with E-state index in [9.17, 15) is 28.5 Å². The van der Waals surface area contributed by atoms with Gasteiger partial charge in [0.05, 0.1) is 61.4 Å². The largest absolute Gasteiger partial charge is 0.756 e. The van der Waals surface area contributed by atoms with Crippen LogP contribution in [0.5, 0.6) is 0 Å². The molecule has 4 N–H and O–H groups in total. The number of hydrogen-bond acceptors (Lipinski definition) is 16. The Morgan fingerprint density at radius 1 is 0.804 bits per heavy atom. The number of nitrogens with zero attached hydrogens (tertiary/aromatic N) is 2. The molecule has 3 atom stereocenters. The number of esters is 2. The van der Waals surface area contributed by atoms with Crippen molar-refractivity contribution < 1.29 is 65.0 Å². The van der Waals surface area contributed by atoms with E-state index in [1.54, 1.807) is 18.7 Å². The standard InChI is InChI=1S/C13H29N2O6PS.C11H22NO6P.C2H7NS/c1-12(11-23-10-5-14)13(16)19-8-9-21-22(17,18)20-7-6-15(2,3)4;1-10(2)11(13)16-8-9-18-19(14,15)17-7-6-12(3,4)5;3-1-2-4/h12H,5-11,14H2,1-4H3;1,6-9H2,2-5H3;4H,1-3H2. The molecule has 0 fully saturated rings. The number of carbonyl (C=O) groups excluding carboxylic acids is 2. The highest BCUT2D eigenvalue weighted by molar-refractivity contribution is 7.99. The summed E-state index contributed by atoms with van der Waals surface area (Å²) in [5, 5.41) is 0. The molecule has 0 rings (SSSR count). The second-order valence-electron chi connectivity index (χ2n) is 11.6. The molecule has 0 bridgehead atoms. The van der Waals surface area contributed by atoms with Gasteiger partial charge in [0.15, 0.2) is 0 Å². The van der Waals surface area contributed by atoms with Crippen molar-refractivity contribution in [2.75, 3.05) is 125 Å². The Morgan fingerprint density at radius 2 is 1.20 bits per heavy atom. The first-order valence-electron chi connectivity index (χ1n) is 14.4. The number of likely N-dealkylation sites (N-methyl/N-ethyl adjacent to an activating group) is 2. The lowest BCUT2D eigenvalue weighted by atomic mass is 10.2. The van der Waals surface area contributed by atoms with Crippen LogP contribution in [0.2, 0.25) is 0 Å². The molecule has 0 spiro atoms. The Balaban J connectivity index is -0.000000729. The third kappa shape index (κ3) is 37.9. The number of hydrogen-bond donors (Lipinski definition) is 3. The van der Waals surface area contributed by atoms with E-state index in [0.717, 1.165) is 11.5 Å². The topological polar surface area (TPSA) is 222 Å². The second-order valence-corrected chi connectivity index (χ2v) is 16.0. The monoisotopic (exact) mass is 744 g/mol. The summed E-state index contributed by atoms with van der Waals surface area (Å²) < 4.78 is 52.2. The van der Waals surface area contributed by atoms with E-state index in [-0.39, 0.29) is 57.1 Å². The molecule has 0 aromatic carbocycles. The molecule has 0 aromatic heterocycles. The summed E-state index contributed by atoms with van der Waals surface area (Å²) in [6, 6.07) is 0. The van der Waals surface area contributed by atoms with E-state index in [4.69, 9.17) is 20.7 Å². The Kier molecular flexibility index (Phi) is 29.6. The van der Waals surface area contributed by atoms with Crippen LogP contribution in [0.25, 0.3) is 0 Å². The molecule has 0 aliphatic heterocycles. The number of phosphoric ester groups is 2. The van der Waals surface area contributed by atoms with Gasteiger partial charge in [-0.05, 0) is 6.92 Å². The molecule has 0 aliphatic rings. The fraction of sp³-hybridized carbons (Fsp3) is 0.846. The maximum absolute atomic E-state index is 11.6. The number of thiol groups is 1. The predicted octanol–water partition coefficient (Wildman–Crippen LogP) is 0.254. The van der Waals surface area contributed by atoms with Gasteiger partial charge >= 0.3 is 11.9 Å². The van der Waals surface area contributed by atoms with Gasteiger partial charge in [-0.2, -0.15) is 24.4 Å². The zero-order chi connectivity index (χ0) is 36.5. The van der Waals surface area contributed by atoms with Crippen LogP contribution in [0.4, 0.5) is 0 Å². The molecule has 3 unspecified atom stereocenters. The maximum Gasteiger partial charge on any atom is 0.333 e. The number of phosphoric acid groups is 2. The lowest BCUT2D eigenvalue weighted by molar-refractivity contribution is -0.870. The van der Waals surface area contributed by atoms with Gasteiger partial charge in [0.1, 0.15) is 39.5 Å². The van der Waals surface area contributed by atoms with E-state index in [0.29, 0.717) is 40.9 Å². The van der Waals surface area contributed by atoms with Gasteiger partial charge in [0.2, 0.25) is 0 Å². The van der Waals surface area contributed by atoms with Crippen LogP contribution in [0.3, 0.4) is 0 Å². The highest BCUT2D eigenvalue weighted by Crippen LogP contribution is 2.38. The van der Waals surface area contributed by atoms with Crippen molar-refractivity contribution in [2.45, 2.75) is 13.8 Å². The van der Waals surface area contributed by atoms with Crippen molar-refractivity contribution in [3.05, 3.63) is 12.2 Å². The van der Waals surface area contributed by atoms with Gasteiger partial charge in [-0.1, -0.05) is 13.5 Å². The van der Waals surface area contributed by atoms with Gasteiger partial charge in [-0.25, -0.2) is 4.79 Å². The number of ether oxygens (including phenoxy) is 2. The van der Waals surface area contributed by atoms with Crippen LogP contribution in [0, 0.1) is 5.92 Å². The van der Waals surface area contributed by atoms with Crippen molar-refractivity contribution in [1.29, 1.82) is 0 Å². The van der Waals surface area contributed by atoms with Crippen molar-refractivity contribution in [1.82, 2.24) is 0 Å². The fourth-order valence-corrected chi connectivity index (χ4v) is 4.36. The van der Waals surface area contributed by atoms with Crippen molar-refractivity contribution in [3.63, 3.8) is 0 Å². The molecule has 16 nitrogen and oxygen atoms in total. The molecule has 46 heavy (non-hydrogen) atoms. The third-order valence-corrected chi connectivity index (χ3v) is 8.19. The Labute approximate surface area is 285 Å². The van der Waals surface area contributed by atoms with E-state index < -0.39 is 21.6 Å². The van der Waals surface area contributed by atoms with Crippen LogP contribution >= 0.6 is 40.0 Å². The lowest BCUT2D eigenvalue weighted by Gasteiger charge is -2.27. The zero-order valence-electron chi connectivity index (χ0n) is 28.7. The maximum atomic E-state index is 11.6. The second kappa shape index (κ2) is 27.3. The number of thioether (sulfide) groups is 1. The highest BCUT2D eigenvalue weighted by atomic mass is 32.2. The molecule has 276 valence electrons. The molecule has 0 amide bonds. The molecule has 0 saturated carbocycles. The molecule has 0 radical (unpaired) electrons. The lowest BCUT2D eigenvalue weighted by Crippen LogP contribution is -2.37. The SMILES string of the molecule is C=C(C)C(=O)OCCOP(=O)([O-])OCC[N+](C)(C)C.CC(CSCCN)C(=O)OCCOP(=O)([O-])OCC[N+](C)(C)C.NCCS. The Bertz CT molecular complexity index is 936. The van der Waals surface area contributed by atoms with Crippen LogP contribution in [-0.2, 0) is 46.3 Å². The normalized spacial score (nSPS) is 14.7. The molecule has 0 aromatic rings. The molecule has 20 heteroatoms. The Hall–Kier alpha value is -0.560. The minimum Gasteiger partial charge on any atom is -0.756 e. The number of nitrogens with two attached hydrogens (primary N) is 2. The average Bonchev–Trinajstić information content (AvgIpc) is 2.92. The van der Waals surface area contributed by atoms with Crippen LogP contribution in [0.1, 0.15) is 13.8 Å².